The second-order valence-electron chi connectivity index (χ2n) is 8.47. The molecule has 33 heavy (non-hydrogen) atoms. The number of carbonyl (C=O) groups is 2. The van der Waals surface area contributed by atoms with Gasteiger partial charge in [0.1, 0.15) is 0 Å². The van der Waals surface area contributed by atoms with E-state index in [4.69, 9.17) is 9.72 Å². The van der Waals surface area contributed by atoms with Crippen LogP contribution in [0.2, 0.25) is 0 Å². The van der Waals surface area contributed by atoms with Gasteiger partial charge in [0, 0.05) is 18.7 Å². The van der Waals surface area contributed by atoms with Gasteiger partial charge in [-0.3, -0.25) is 24.6 Å². The van der Waals surface area contributed by atoms with Gasteiger partial charge >= 0.3 is 5.97 Å². The molecule has 0 bridgehead atoms. The summed E-state index contributed by atoms with van der Waals surface area (Å²) in [4.78, 5) is 43.8. The highest BCUT2D eigenvalue weighted by Crippen LogP contribution is 2.41. The highest BCUT2D eigenvalue weighted by atomic mass is 16.6. The van der Waals surface area contributed by atoms with Gasteiger partial charge < -0.3 is 9.30 Å². The first-order chi connectivity index (χ1) is 15.8. The highest BCUT2D eigenvalue weighted by molar-refractivity contribution is 6.08. The van der Waals surface area contributed by atoms with Crippen LogP contribution in [0, 0.1) is 22.0 Å². The minimum Gasteiger partial charge on any atom is -0.465 e. The van der Waals surface area contributed by atoms with Crippen LogP contribution >= 0.6 is 0 Å². The second-order valence-corrected chi connectivity index (χ2v) is 8.47. The molecule has 9 nitrogen and oxygen atoms in total. The number of fused-ring (bicyclic) bond motifs is 3. The lowest BCUT2D eigenvalue weighted by atomic mass is 9.89. The SMILES string of the molecule is CCOC(=O)[C@H]1C(=O)N(CCC(C)C)c2nc3ccccc3n2[C@@H]1c1ccc([N+](=O)[O-])cc1. The third-order valence-electron chi connectivity index (χ3n) is 5.86. The molecule has 4 rings (SSSR count). The summed E-state index contributed by atoms with van der Waals surface area (Å²) in [5.74, 6) is -1.32. The Kier molecular flexibility index (Phi) is 6.13. The molecular weight excluding hydrogens is 424 g/mol. The molecule has 2 heterocycles. The molecule has 1 aliphatic heterocycles. The first kappa shape index (κ1) is 22.4. The second kappa shape index (κ2) is 9.01. The molecule has 0 radical (unpaired) electrons. The number of nitrogens with zero attached hydrogens (tertiary/aromatic N) is 4. The van der Waals surface area contributed by atoms with Gasteiger partial charge in [0.15, 0.2) is 5.92 Å². The van der Waals surface area contributed by atoms with E-state index >= 15 is 0 Å². The van der Waals surface area contributed by atoms with Gasteiger partial charge in [0.05, 0.1) is 28.6 Å². The van der Waals surface area contributed by atoms with Crippen molar-refractivity contribution in [1.82, 2.24) is 9.55 Å². The van der Waals surface area contributed by atoms with E-state index in [1.807, 2.05) is 28.8 Å². The maximum absolute atomic E-state index is 13.7. The average Bonchev–Trinajstić information content (AvgIpc) is 3.17. The number of nitro groups is 1. The van der Waals surface area contributed by atoms with Crippen molar-refractivity contribution in [2.45, 2.75) is 33.2 Å². The van der Waals surface area contributed by atoms with Crippen LogP contribution in [0.1, 0.15) is 38.8 Å². The Labute approximate surface area is 191 Å². The Bertz CT molecular complexity index is 1200. The van der Waals surface area contributed by atoms with E-state index in [1.54, 1.807) is 24.0 Å². The van der Waals surface area contributed by atoms with Gasteiger partial charge in [-0.1, -0.05) is 38.1 Å². The standard InChI is InChI=1S/C24H26N4O5/c1-4-33-23(30)20-21(16-9-11-17(12-10-16)28(31)32)27-19-8-6-5-7-18(19)25-24(27)26(22(20)29)14-13-15(2)3/h5-12,15,20-21H,4,13-14H2,1-3H3/t20-,21-/m1/s1. The largest absolute Gasteiger partial charge is 0.465 e. The average molecular weight is 450 g/mol. The Morgan fingerprint density at radius 1 is 1.18 bits per heavy atom. The molecule has 3 aromatic rings. The van der Waals surface area contributed by atoms with Crippen molar-refractivity contribution in [3.63, 3.8) is 0 Å². The zero-order valence-corrected chi connectivity index (χ0v) is 18.8. The van der Waals surface area contributed by atoms with Crippen molar-refractivity contribution in [1.29, 1.82) is 0 Å². The van der Waals surface area contributed by atoms with Crippen molar-refractivity contribution in [3.8, 4) is 0 Å². The Balaban J connectivity index is 1.94. The maximum atomic E-state index is 13.7. The van der Waals surface area contributed by atoms with Gasteiger partial charge in [0.2, 0.25) is 11.9 Å². The monoisotopic (exact) mass is 450 g/mol. The van der Waals surface area contributed by atoms with Crippen LogP contribution in [0.15, 0.2) is 48.5 Å². The van der Waals surface area contributed by atoms with Crippen molar-refractivity contribution >= 4 is 34.5 Å². The molecule has 172 valence electrons. The zero-order chi connectivity index (χ0) is 23.7. The van der Waals surface area contributed by atoms with Crippen molar-refractivity contribution in [2.24, 2.45) is 11.8 Å². The number of rotatable bonds is 7. The predicted octanol–water partition coefficient (Wildman–Crippen LogP) is 4.11. The molecule has 1 amide bonds. The Hall–Kier alpha value is -3.75. The van der Waals surface area contributed by atoms with E-state index in [0.29, 0.717) is 29.5 Å². The van der Waals surface area contributed by atoms with Crippen LogP contribution in [0.3, 0.4) is 0 Å². The third kappa shape index (κ3) is 4.06. The van der Waals surface area contributed by atoms with E-state index in [1.165, 1.54) is 12.1 Å². The summed E-state index contributed by atoms with van der Waals surface area (Å²) in [6.07, 6.45) is 0.743. The number of esters is 1. The summed E-state index contributed by atoms with van der Waals surface area (Å²) in [5, 5.41) is 11.2. The normalized spacial score (nSPS) is 17.9. The Morgan fingerprint density at radius 2 is 1.88 bits per heavy atom. The molecule has 0 saturated carbocycles. The van der Waals surface area contributed by atoms with Crippen molar-refractivity contribution in [2.75, 3.05) is 18.1 Å². The first-order valence-electron chi connectivity index (χ1n) is 11.0. The van der Waals surface area contributed by atoms with Gasteiger partial charge in [-0.15, -0.1) is 0 Å². The number of hydrogen-bond donors (Lipinski definition) is 0. The number of anilines is 1. The van der Waals surface area contributed by atoms with E-state index in [0.717, 1.165) is 11.9 Å². The lowest BCUT2D eigenvalue weighted by molar-refractivity contribution is -0.384. The van der Waals surface area contributed by atoms with Crippen molar-refractivity contribution < 1.29 is 19.2 Å². The number of amides is 1. The summed E-state index contributed by atoms with van der Waals surface area (Å²) in [6.45, 7) is 6.39. The molecule has 9 heteroatoms. The molecule has 0 aliphatic carbocycles. The third-order valence-corrected chi connectivity index (χ3v) is 5.86. The fourth-order valence-corrected chi connectivity index (χ4v) is 4.24. The summed E-state index contributed by atoms with van der Waals surface area (Å²) < 4.78 is 7.20. The molecule has 2 aromatic carbocycles. The van der Waals surface area contributed by atoms with E-state index < -0.39 is 22.9 Å². The fourth-order valence-electron chi connectivity index (χ4n) is 4.24. The molecule has 0 spiro atoms. The fraction of sp³-hybridized carbons (Fsp3) is 0.375. The smallest absolute Gasteiger partial charge is 0.321 e. The van der Waals surface area contributed by atoms with Gasteiger partial charge in [-0.2, -0.15) is 0 Å². The maximum Gasteiger partial charge on any atom is 0.321 e. The summed E-state index contributed by atoms with van der Waals surface area (Å²) in [6, 6.07) is 12.7. The van der Waals surface area contributed by atoms with Gasteiger partial charge in [0.25, 0.3) is 5.69 Å². The van der Waals surface area contributed by atoms with Crippen LogP contribution in [0.5, 0.6) is 0 Å². The predicted molar refractivity (Wildman–Crippen MR) is 123 cm³/mol. The van der Waals surface area contributed by atoms with Crippen molar-refractivity contribution in [3.05, 3.63) is 64.2 Å². The lowest BCUT2D eigenvalue weighted by Gasteiger charge is -2.38. The number of hydrogen-bond acceptors (Lipinski definition) is 6. The van der Waals surface area contributed by atoms with E-state index in [9.17, 15) is 19.7 Å². The zero-order valence-electron chi connectivity index (χ0n) is 18.8. The number of benzene rings is 2. The van der Waals surface area contributed by atoms with Crippen LogP contribution in [0.25, 0.3) is 11.0 Å². The molecule has 0 N–H and O–H groups in total. The number of nitro benzene ring substituents is 1. The van der Waals surface area contributed by atoms with Crippen LogP contribution in [-0.2, 0) is 14.3 Å². The van der Waals surface area contributed by atoms with E-state index in [2.05, 4.69) is 13.8 Å². The van der Waals surface area contributed by atoms with Gasteiger partial charge in [-0.05, 0) is 37.0 Å². The number of ether oxygens (including phenoxy) is 1. The summed E-state index contributed by atoms with van der Waals surface area (Å²) in [7, 11) is 0. The lowest BCUT2D eigenvalue weighted by Crippen LogP contribution is -2.50. The number of para-hydroxylation sites is 2. The van der Waals surface area contributed by atoms with E-state index in [-0.39, 0.29) is 18.2 Å². The minimum atomic E-state index is -1.14. The topological polar surface area (TPSA) is 108 Å². The molecule has 1 aromatic heterocycles. The number of carbonyl (C=O) groups excluding carboxylic acids is 2. The molecule has 2 atom stereocenters. The summed E-state index contributed by atoms with van der Waals surface area (Å²) in [5.41, 5.74) is 2.00. The number of non-ortho nitro benzene ring substituents is 1. The number of aromatic nitrogens is 2. The van der Waals surface area contributed by atoms with Crippen LogP contribution in [-0.4, -0.2) is 39.5 Å². The molecular formula is C24H26N4O5. The molecule has 1 aliphatic rings. The Morgan fingerprint density at radius 3 is 2.52 bits per heavy atom. The summed E-state index contributed by atoms with van der Waals surface area (Å²) >= 11 is 0. The first-order valence-corrected chi connectivity index (χ1v) is 11.0. The molecule has 0 saturated heterocycles. The molecule has 0 unspecified atom stereocenters. The highest BCUT2D eigenvalue weighted by Gasteiger charge is 2.47. The van der Waals surface area contributed by atoms with Crippen LogP contribution in [0.4, 0.5) is 11.6 Å². The minimum absolute atomic E-state index is 0.0668. The number of imidazole rings is 1. The van der Waals surface area contributed by atoms with Crippen LogP contribution < -0.4 is 4.90 Å². The quantitative estimate of drug-likeness (QED) is 0.232. The van der Waals surface area contributed by atoms with Gasteiger partial charge in [-0.25, -0.2) is 4.98 Å². The molecule has 0 fully saturated rings.